The van der Waals surface area contributed by atoms with Crippen molar-refractivity contribution in [1.82, 2.24) is 15.1 Å². The van der Waals surface area contributed by atoms with Crippen LogP contribution in [0.5, 0.6) is 0 Å². The molecule has 0 radical (unpaired) electrons. The van der Waals surface area contributed by atoms with Crippen molar-refractivity contribution in [2.45, 2.75) is 45.1 Å². The van der Waals surface area contributed by atoms with Gasteiger partial charge in [0.15, 0.2) is 0 Å². The molecule has 1 saturated carbocycles. The van der Waals surface area contributed by atoms with Crippen LogP contribution in [0.15, 0.2) is 17.5 Å². The predicted octanol–water partition coefficient (Wildman–Crippen LogP) is 3.24. The Morgan fingerprint density at radius 1 is 1.12 bits per heavy atom. The van der Waals surface area contributed by atoms with Crippen LogP contribution in [-0.2, 0) is 4.79 Å². The van der Waals surface area contributed by atoms with Gasteiger partial charge in [0.25, 0.3) is 0 Å². The highest BCUT2D eigenvalue weighted by Crippen LogP contribution is 2.26. The maximum absolute atomic E-state index is 12.6. The molecule has 132 valence electrons. The van der Waals surface area contributed by atoms with E-state index in [0.717, 1.165) is 17.7 Å². The van der Waals surface area contributed by atoms with Crippen molar-refractivity contribution in [2.24, 2.45) is 5.92 Å². The minimum absolute atomic E-state index is 0.0272. The molecule has 1 aliphatic carbocycles. The molecule has 3 rings (SSSR count). The van der Waals surface area contributed by atoms with Crippen LogP contribution in [0.25, 0.3) is 0 Å². The van der Waals surface area contributed by atoms with E-state index in [0.29, 0.717) is 32.1 Å². The quantitative estimate of drug-likeness (QED) is 0.911. The van der Waals surface area contributed by atoms with E-state index in [1.165, 1.54) is 19.3 Å². The summed E-state index contributed by atoms with van der Waals surface area (Å²) in [4.78, 5) is 29.9. The van der Waals surface area contributed by atoms with Crippen molar-refractivity contribution in [3.05, 3.63) is 22.4 Å². The van der Waals surface area contributed by atoms with Crippen LogP contribution >= 0.6 is 11.3 Å². The van der Waals surface area contributed by atoms with E-state index < -0.39 is 0 Å². The third-order valence-electron chi connectivity index (χ3n) is 5.14. The van der Waals surface area contributed by atoms with Gasteiger partial charge >= 0.3 is 6.03 Å². The van der Waals surface area contributed by atoms with Crippen LogP contribution in [-0.4, -0.2) is 47.9 Å². The van der Waals surface area contributed by atoms with Crippen molar-refractivity contribution in [3.63, 3.8) is 0 Å². The first kappa shape index (κ1) is 17.3. The second-order valence-corrected chi connectivity index (χ2v) is 7.81. The van der Waals surface area contributed by atoms with Gasteiger partial charge in [0.1, 0.15) is 0 Å². The van der Waals surface area contributed by atoms with Gasteiger partial charge in [0.05, 0.1) is 6.04 Å². The molecule has 3 amide bonds. The van der Waals surface area contributed by atoms with E-state index in [2.05, 4.69) is 5.32 Å². The third-order valence-corrected chi connectivity index (χ3v) is 6.20. The molecule has 1 saturated heterocycles. The number of nitrogens with zero attached hydrogens (tertiary/aromatic N) is 2. The molecule has 24 heavy (non-hydrogen) atoms. The number of carbonyl (C=O) groups is 2. The van der Waals surface area contributed by atoms with Gasteiger partial charge in [-0.3, -0.25) is 4.79 Å². The average Bonchev–Trinajstić information content (AvgIpc) is 3.17. The van der Waals surface area contributed by atoms with E-state index >= 15 is 0 Å². The molecule has 2 heterocycles. The van der Waals surface area contributed by atoms with Crippen molar-refractivity contribution in [1.29, 1.82) is 0 Å². The van der Waals surface area contributed by atoms with Crippen LogP contribution < -0.4 is 5.32 Å². The van der Waals surface area contributed by atoms with Crippen molar-refractivity contribution in [2.75, 3.05) is 26.2 Å². The number of carbonyl (C=O) groups excluding carboxylic acids is 2. The van der Waals surface area contributed by atoms with Gasteiger partial charge in [0.2, 0.25) is 5.91 Å². The van der Waals surface area contributed by atoms with Gasteiger partial charge in [-0.15, -0.1) is 11.3 Å². The molecular formula is C18H27N3O2S. The molecule has 0 aromatic carbocycles. The first-order valence-electron chi connectivity index (χ1n) is 9.03. The normalized spacial score (nSPS) is 20.7. The molecule has 5 nitrogen and oxygen atoms in total. The molecule has 1 atom stereocenters. The zero-order chi connectivity index (χ0) is 16.9. The van der Waals surface area contributed by atoms with Gasteiger partial charge in [-0.1, -0.05) is 25.3 Å². The summed E-state index contributed by atoms with van der Waals surface area (Å²) < 4.78 is 0. The van der Waals surface area contributed by atoms with E-state index in [1.54, 1.807) is 11.3 Å². The van der Waals surface area contributed by atoms with Crippen LogP contribution in [0.1, 0.15) is 49.9 Å². The topological polar surface area (TPSA) is 52.7 Å². The predicted molar refractivity (Wildman–Crippen MR) is 96.0 cm³/mol. The number of urea groups is 1. The molecule has 1 unspecified atom stereocenters. The summed E-state index contributed by atoms with van der Waals surface area (Å²) >= 11 is 1.65. The molecule has 6 heteroatoms. The lowest BCUT2D eigenvalue weighted by atomic mass is 9.88. The fourth-order valence-corrected chi connectivity index (χ4v) is 4.36. The third kappa shape index (κ3) is 4.09. The lowest BCUT2D eigenvalue weighted by Crippen LogP contribution is -2.54. The highest BCUT2D eigenvalue weighted by Gasteiger charge is 2.30. The van der Waals surface area contributed by atoms with Crippen molar-refractivity contribution < 1.29 is 9.59 Å². The average molecular weight is 350 g/mol. The summed E-state index contributed by atoms with van der Waals surface area (Å²) in [5.74, 6) is 0.527. The largest absolute Gasteiger partial charge is 0.339 e. The second kappa shape index (κ2) is 8.01. The number of amides is 3. The van der Waals surface area contributed by atoms with Gasteiger partial charge in [-0.25, -0.2) is 4.79 Å². The number of hydrogen-bond donors (Lipinski definition) is 1. The fourth-order valence-electron chi connectivity index (χ4n) is 3.62. The number of hydrogen-bond acceptors (Lipinski definition) is 3. The van der Waals surface area contributed by atoms with Crippen LogP contribution in [0.3, 0.4) is 0 Å². The summed E-state index contributed by atoms with van der Waals surface area (Å²) in [7, 11) is 0. The van der Waals surface area contributed by atoms with Gasteiger partial charge in [-0.2, -0.15) is 0 Å². The molecule has 1 aromatic rings. The zero-order valence-electron chi connectivity index (χ0n) is 14.4. The van der Waals surface area contributed by atoms with E-state index in [4.69, 9.17) is 0 Å². The van der Waals surface area contributed by atoms with E-state index in [1.807, 2.05) is 34.2 Å². The minimum atomic E-state index is -0.0272. The highest BCUT2D eigenvalue weighted by molar-refractivity contribution is 7.10. The summed E-state index contributed by atoms with van der Waals surface area (Å²) in [5.41, 5.74) is 0. The first-order chi connectivity index (χ1) is 11.6. The Kier molecular flexibility index (Phi) is 5.76. The van der Waals surface area contributed by atoms with Gasteiger partial charge < -0.3 is 15.1 Å². The number of piperazine rings is 1. The Morgan fingerprint density at radius 3 is 2.42 bits per heavy atom. The highest BCUT2D eigenvalue weighted by atomic mass is 32.1. The Morgan fingerprint density at radius 2 is 1.79 bits per heavy atom. The number of rotatable bonds is 3. The Hall–Kier alpha value is -1.56. The van der Waals surface area contributed by atoms with E-state index in [9.17, 15) is 9.59 Å². The second-order valence-electron chi connectivity index (χ2n) is 6.83. The molecular weight excluding hydrogens is 322 g/mol. The monoisotopic (exact) mass is 349 g/mol. The summed E-state index contributed by atoms with van der Waals surface area (Å²) in [5, 5.41) is 5.07. The lowest BCUT2D eigenvalue weighted by molar-refractivity contribution is -0.138. The molecule has 1 N–H and O–H groups in total. The minimum Gasteiger partial charge on any atom is -0.339 e. The maximum Gasteiger partial charge on any atom is 0.318 e. The Balaban J connectivity index is 1.46. The van der Waals surface area contributed by atoms with Crippen LogP contribution in [0.2, 0.25) is 0 Å². The lowest BCUT2D eigenvalue weighted by Gasteiger charge is -2.37. The van der Waals surface area contributed by atoms with Crippen molar-refractivity contribution in [3.8, 4) is 0 Å². The molecule has 2 fully saturated rings. The molecule has 2 aliphatic rings. The first-order valence-corrected chi connectivity index (χ1v) is 9.91. The van der Waals surface area contributed by atoms with Gasteiger partial charge in [0, 0.05) is 37.0 Å². The molecule has 0 spiro atoms. The Labute approximate surface area is 148 Å². The molecule has 0 bridgehead atoms. The van der Waals surface area contributed by atoms with Crippen LogP contribution in [0, 0.1) is 5.92 Å². The molecule has 1 aromatic heterocycles. The standard InChI is InChI=1S/C18H27N3O2S/c1-14(16-8-5-13-24-16)19-18(23)21-11-9-20(10-12-21)17(22)15-6-3-2-4-7-15/h5,8,13-15H,2-4,6-7,9-12H2,1H3,(H,19,23). The van der Waals surface area contributed by atoms with Gasteiger partial charge in [-0.05, 0) is 31.2 Å². The smallest absolute Gasteiger partial charge is 0.318 e. The summed E-state index contributed by atoms with van der Waals surface area (Å²) in [6, 6.07) is 4.04. The van der Waals surface area contributed by atoms with Crippen LogP contribution in [0.4, 0.5) is 4.79 Å². The van der Waals surface area contributed by atoms with Crippen molar-refractivity contribution >= 4 is 23.3 Å². The molecule has 1 aliphatic heterocycles. The number of thiophene rings is 1. The number of nitrogens with one attached hydrogen (secondary N) is 1. The summed E-state index contributed by atoms with van der Waals surface area (Å²) in [6.07, 6.45) is 5.70. The SMILES string of the molecule is CC(NC(=O)N1CCN(C(=O)C2CCCCC2)CC1)c1cccs1. The maximum atomic E-state index is 12.6. The fraction of sp³-hybridized carbons (Fsp3) is 0.667. The van der Waals surface area contributed by atoms with E-state index in [-0.39, 0.29) is 18.0 Å². The summed E-state index contributed by atoms with van der Waals surface area (Å²) in [6.45, 7) is 4.59. The zero-order valence-corrected chi connectivity index (χ0v) is 15.2. The Bertz CT molecular complexity index is 547.